The Balaban J connectivity index is 1.85. The zero-order valence-electron chi connectivity index (χ0n) is 15.7. The Labute approximate surface area is 168 Å². The number of benzene rings is 2. The van der Waals surface area contributed by atoms with Crippen molar-refractivity contribution in [2.75, 3.05) is 7.11 Å². The van der Waals surface area contributed by atoms with Crippen LogP contribution < -0.4 is 20.7 Å². The second-order valence-electron chi connectivity index (χ2n) is 6.05. The molecule has 0 bridgehead atoms. The SMILES string of the molecule is COc1cc(/C=C/c2[nH]c(=O)[nH]c(=O)c2[N+](=O)[O-])ccc1OCc1ccccc1F. The molecular formula is C20H16FN3O6. The van der Waals surface area contributed by atoms with E-state index >= 15 is 0 Å². The molecule has 9 nitrogen and oxygen atoms in total. The number of H-pyrrole nitrogens is 2. The van der Waals surface area contributed by atoms with E-state index in [0.29, 0.717) is 22.6 Å². The Bertz CT molecular complexity index is 1230. The molecule has 0 radical (unpaired) electrons. The summed E-state index contributed by atoms with van der Waals surface area (Å²) >= 11 is 0. The summed E-state index contributed by atoms with van der Waals surface area (Å²) < 4.78 is 24.6. The number of methoxy groups -OCH3 is 1. The fraction of sp³-hybridized carbons (Fsp3) is 0.100. The topological polar surface area (TPSA) is 127 Å². The van der Waals surface area contributed by atoms with Crippen molar-refractivity contribution >= 4 is 17.8 Å². The minimum Gasteiger partial charge on any atom is -0.493 e. The second-order valence-corrected chi connectivity index (χ2v) is 6.05. The van der Waals surface area contributed by atoms with Gasteiger partial charge in [0, 0.05) is 5.56 Å². The molecule has 30 heavy (non-hydrogen) atoms. The minimum absolute atomic E-state index is 0.00154. The second kappa shape index (κ2) is 8.86. The van der Waals surface area contributed by atoms with Crippen LogP contribution in [0.3, 0.4) is 0 Å². The molecule has 3 rings (SSSR count). The fourth-order valence-electron chi connectivity index (χ4n) is 2.66. The van der Waals surface area contributed by atoms with Crippen molar-refractivity contribution in [2.24, 2.45) is 0 Å². The molecule has 0 unspecified atom stereocenters. The number of aromatic nitrogens is 2. The van der Waals surface area contributed by atoms with E-state index in [4.69, 9.17) is 9.47 Å². The molecule has 0 fully saturated rings. The van der Waals surface area contributed by atoms with Gasteiger partial charge < -0.3 is 14.5 Å². The van der Waals surface area contributed by atoms with Gasteiger partial charge >= 0.3 is 16.9 Å². The third kappa shape index (κ3) is 4.61. The van der Waals surface area contributed by atoms with Crippen molar-refractivity contribution in [3.05, 3.63) is 96.1 Å². The van der Waals surface area contributed by atoms with Crippen LogP contribution in [0.1, 0.15) is 16.8 Å². The molecule has 0 atom stereocenters. The summed E-state index contributed by atoms with van der Waals surface area (Å²) in [7, 11) is 1.43. The molecule has 2 aromatic carbocycles. The molecule has 3 aromatic rings. The van der Waals surface area contributed by atoms with Crippen LogP contribution in [0, 0.1) is 15.9 Å². The lowest BCUT2D eigenvalue weighted by Gasteiger charge is -2.12. The van der Waals surface area contributed by atoms with E-state index in [2.05, 4.69) is 4.98 Å². The number of halogens is 1. The first kappa shape index (κ1) is 20.5. The van der Waals surface area contributed by atoms with E-state index in [0.717, 1.165) is 0 Å². The number of rotatable bonds is 7. The first-order chi connectivity index (χ1) is 14.4. The van der Waals surface area contributed by atoms with Gasteiger partial charge in [0.1, 0.15) is 18.1 Å². The van der Waals surface area contributed by atoms with Crippen LogP contribution in [0.5, 0.6) is 11.5 Å². The van der Waals surface area contributed by atoms with E-state index in [-0.39, 0.29) is 18.1 Å². The van der Waals surface area contributed by atoms with Crippen molar-refractivity contribution in [3.63, 3.8) is 0 Å². The van der Waals surface area contributed by atoms with Gasteiger partial charge in [-0.05, 0) is 29.8 Å². The molecule has 154 valence electrons. The van der Waals surface area contributed by atoms with Gasteiger partial charge in [-0.1, -0.05) is 30.3 Å². The molecule has 1 heterocycles. The average molecular weight is 413 g/mol. The zero-order chi connectivity index (χ0) is 21.7. The third-order valence-corrected chi connectivity index (χ3v) is 4.10. The minimum atomic E-state index is -1.10. The highest BCUT2D eigenvalue weighted by molar-refractivity contribution is 5.72. The standard InChI is InChI=1S/C20H16FN3O6/c1-29-17-10-12(6-8-15-18(24(27)28)19(25)23-20(26)22-15)7-9-16(17)30-11-13-4-2-3-5-14(13)21/h2-10H,11H2,1H3,(H2,22,23,25,26)/b8-6+. The number of hydrogen-bond acceptors (Lipinski definition) is 6. The van der Waals surface area contributed by atoms with Crippen LogP contribution in [0.25, 0.3) is 12.2 Å². The maximum Gasteiger partial charge on any atom is 0.357 e. The van der Waals surface area contributed by atoms with E-state index in [1.807, 2.05) is 4.98 Å². The molecule has 0 aliphatic heterocycles. The summed E-state index contributed by atoms with van der Waals surface area (Å²) in [4.78, 5) is 37.3. The number of nitro groups is 1. The number of nitrogens with one attached hydrogen (secondary N) is 2. The third-order valence-electron chi connectivity index (χ3n) is 4.10. The molecule has 0 amide bonds. The van der Waals surface area contributed by atoms with Gasteiger partial charge in [0.25, 0.3) is 0 Å². The van der Waals surface area contributed by atoms with Crippen LogP contribution in [0.15, 0.2) is 52.1 Å². The Morgan fingerprint density at radius 2 is 1.87 bits per heavy atom. The maximum absolute atomic E-state index is 13.7. The molecule has 0 saturated heterocycles. The van der Waals surface area contributed by atoms with E-state index in [1.54, 1.807) is 36.4 Å². The first-order valence-electron chi connectivity index (χ1n) is 8.62. The largest absolute Gasteiger partial charge is 0.493 e. The normalized spacial score (nSPS) is 10.9. The summed E-state index contributed by atoms with van der Waals surface area (Å²) in [6.45, 7) is -0.00154. The number of ether oxygens (including phenoxy) is 2. The molecule has 0 aliphatic rings. The lowest BCUT2D eigenvalue weighted by atomic mass is 10.1. The van der Waals surface area contributed by atoms with Crippen molar-refractivity contribution in [1.82, 2.24) is 9.97 Å². The molecule has 1 aromatic heterocycles. The van der Waals surface area contributed by atoms with E-state index in [1.165, 1.54) is 25.3 Å². The molecule has 10 heteroatoms. The van der Waals surface area contributed by atoms with E-state index in [9.17, 15) is 24.1 Å². The lowest BCUT2D eigenvalue weighted by Crippen LogP contribution is -2.25. The maximum atomic E-state index is 13.7. The smallest absolute Gasteiger partial charge is 0.357 e. The number of hydrogen-bond donors (Lipinski definition) is 2. The van der Waals surface area contributed by atoms with Gasteiger partial charge in [-0.3, -0.25) is 19.9 Å². The predicted octanol–water partition coefficient (Wildman–Crippen LogP) is 2.87. The van der Waals surface area contributed by atoms with Crippen molar-refractivity contribution in [2.45, 2.75) is 6.61 Å². The molecule has 2 N–H and O–H groups in total. The lowest BCUT2D eigenvalue weighted by molar-refractivity contribution is -0.386. The Hall–Kier alpha value is -4.21. The van der Waals surface area contributed by atoms with Crippen LogP contribution in [0.2, 0.25) is 0 Å². The summed E-state index contributed by atoms with van der Waals surface area (Å²) in [6.07, 6.45) is 2.70. The van der Waals surface area contributed by atoms with Crippen molar-refractivity contribution in [1.29, 1.82) is 0 Å². The Morgan fingerprint density at radius 3 is 2.57 bits per heavy atom. The van der Waals surface area contributed by atoms with Crippen molar-refractivity contribution < 1.29 is 18.8 Å². The summed E-state index contributed by atoms with van der Waals surface area (Å²) in [5, 5.41) is 11.1. The molecule has 0 spiro atoms. The van der Waals surface area contributed by atoms with E-state index < -0.39 is 21.9 Å². The highest BCUT2D eigenvalue weighted by Crippen LogP contribution is 2.30. The van der Waals surface area contributed by atoms with Gasteiger partial charge in [-0.2, -0.15) is 0 Å². The number of aromatic amines is 2. The van der Waals surface area contributed by atoms with Crippen LogP contribution in [-0.2, 0) is 6.61 Å². The van der Waals surface area contributed by atoms with Gasteiger partial charge in [-0.15, -0.1) is 0 Å². The van der Waals surface area contributed by atoms with Crippen LogP contribution in [0.4, 0.5) is 10.1 Å². The van der Waals surface area contributed by atoms with Gasteiger partial charge in [0.15, 0.2) is 11.5 Å². The number of nitrogens with zero attached hydrogens (tertiary/aromatic N) is 1. The van der Waals surface area contributed by atoms with Gasteiger partial charge in [-0.25, -0.2) is 9.18 Å². The average Bonchev–Trinajstić information content (AvgIpc) is 2.71. The highest BCUT2D eigenvalue weighted by Gasteiger charge is 2.18. The van der Waals surface area contributed by atoms with Crippen LogP contribution in [-0.4, -0.2) is 22.0 Å². The summed E-state index contributed by atoms with van der Waals surface area (Å²) in [5.41, 5.74) is -2.04. The zero-order valence-corrected chi connectivity index (χ0v) is 15.7. The molecular weight excluding hydrogens is 397 g/mol. The van der Waals surface area contributed by atoms with Crippen LogP contribution >= 0.6 is 0 Å². The Morgan fingerprint density at radius 1 is 1.10 bits per heavy atom. The highest BCUT2D eigenvalue weighted by atomic mass is 19.1. The Kier molecular flexibility index (Phi) is 6.06. The van der Waals surface area contributed by atoms with Crippen molar-refractivity contribution in [3.8, 4) is 11.5 Å². The quantitative estimate of drug-likeness (QED) is 0.453. The van der Waals surface area contributed by atoms with Gasteiger partial charge in [0.05, 0.1) is 12.0 Å². The molecule has 0 saturated carbocycles. The predicted molar refractivity (Wildman–Crippen MR) is 107 cm³/mol. The van der Waals surface area contributed by atoms with Gasteiger partial charge in [0.2, 0.25) is 0 Å². The monoisotopic (exact) mass is 413 g/mol. The summed E-state index contributed by atoms with van der Waals surface area (Å²) in [5.74, 6) is 0.334. The fourth-order valence-corrected chi connectivity index (χ4v) is 2.66. The molecule has 0 aliphatic carbocycles. The first-order valence-corrected chi connectivity index (χ1v) is 8.62. The summed E-state index contributed by atoms with van der Waals surface area (Å²) in [6, 6.07) is 11.0.